The first-order valence-electron chi connectivity index (χ1n) is 6.13. The molecule has 0 radical (unpaired) electrons. The van der Waals surface area contributed by atoms with Gasteiger partial charge in [-0.1, -0.05) is 32.3 Å². The molecule has 0 amide bonds. The van der Waals surface area contributed by atoms with E-state index in [0.29, 0.717) is 0 Å². The highest BCUT2D eigenvalue weighted by Gasteiger charge is 1.97. The van der Waals surface area contributed by atoms with Gasteiger partial charge in [0.05, 0.1) is 0 Å². The molecule has 0 aliphatic heterocycles. The molecule has 0 aliphatic rings. The van der Waals surface area contributed by atoms with Crippen LogP contribution in [0.4, 0.5) is 0 Å². The predicted octanol–water partition coefficient (Wildman–Crippen LogP) is 3.84. The Balaban J connectivity index is 3.98. The summed E-state index contributed by atoms with van der Waals surface area (Å²) in [5, 5.41) is 6.66. The van der Waals surface area contributed by atoms with Crippen LogP contribution in [-0.4, -0.2) is 24.3 Å². The molecular formula is C13H26N2. The van der Waals surface area contributed by atoms with Gasteiger partial charge < -0.3 is 0 Å². The van der Waals surface area contributed by atoms with Crippen molar-refractivity contribution in [1.82, 2.24) is 5.01 Å². The van der Waals surface area contributed by atoms with Crippen molar-refractivity contribution in [3.05, 3.63) is 11.6 Å². The fourth-order valence-corrected chi connectivity index (χ4v) is 1.19. The lowest BCUT2D eigenvalue weighted by Gasteiger charge is -2.17. The van der Waals surface area contributed by atoms with Crippen LogP contribution in [0.2, 0.25) is 0 Å². The monoisotopic (exact) mass is 210 g/mol. The van der Waals surface area contributed by atoms with Crippen LogP contribution in [0.25, 0.3) is 0 Å². The van der Waals surface area contributed by atoms with Crippen molar-refractivity contribution in [3.63, 3.8) is 0 Å². The van der Waals surface area contributed by atoms with Gasteiger partial charge in [0.15, 0.2) is 0 Å². The van der Waals surface area contributed by atoms with E-state index in [1.165, 1.54) is 31.3 Å². The molecule has 0 heterocycles. The number of hydrazone groups is 1. The van der Waals surface area contributed by atoms with Crippen LogP contribution in [0.15, 0.2) is 16.8 Å². The maximum Gasteiger partial charge on any atom is 0.0469 e. The summed E-state index contributed by atoms with van der Waals surface area (Å²) >= 11 is 0. The van der Waals surface area contributed by atoms with Gasteiger partial charge in [-0.3, -0.25) is 5.01 Å². The van der Waals surface area contributed by atoms with E-state index in [9.17, 15) is 0 Å². The molecular weight excluding hydrogens is 184 g/mol. The zero-order valence-electron chi connectivity index (χ0n) is 10.8. The fourth-order valence-electron chi connectivity index (χ4n) is 1.19. The Bertz CT molecular complexity index is 183. The lowest BCUT2D eigenvalue weighted by Crippen LogP contribution is -2.20. The number of allylic oxidation sites excluding steroid dienone is 2. The van der Waals surface area contributed by atoms with Gasteiger partial charge in [0.25, 0.3) is 0 Å². The lowest BCUT2D eigenvalue weighted by molar-refractivity contribution is 0.280. The van der Waals surface area contributed by atoms with Gasteiger partial charge in [-0.15, -0.1) is 0 Å². The molecule has 2 heteroatoms. The zero-order valence-corrected chi connectivity index (χ0v) is 10.8. The number of hydrogen-bond acceptors (Lipinski definition) is 2. The first-order valence-corrected chi connectivity index (χ1v) is 6.13. The van der Waals surface area contributed by atoms with Crippen LogP contribution in [-0.2, 0) is 0 Å². The molecule has 0 aromatic rings. The highest BCUT2D eigenvalue weighted by atomic mass is 15.4. The van der Waals surface area contributed by atoms with Gasteiger partial charge in [-0.25, -0.2) is 0 Å². The van der Waals surface area contributed by atoms with Crippen molar-refractivity contribution in [1.29, 1.82) is 0 Å². The van der Waals surface area contributed by atoms with Gasteiger partial charge in [0.2, 0.25) is 0 Å². The normalized spacial score (nSPS) is 10.7. The van der Waals surface area contributed by atoms with Crippen molar-refractivity contribution in [2.45, 2.75) is 53.4 Å². The molecule has 0 unspecified atom stereocenters. The molecule has 0 bridgehead atoms. The summed E-state index contributed by atoms with van der Waals surface area (Å²) in [5.41, 5.74) is 1.30. The highest BCUT2D eigenvalue weighted by molar-refractivity contribution is 5.71. The Morgan fingerprint density at radius 3 is 2.00 bits per heavy atom. The third-order valence-corrected chi connectivity index (χ3v) is 2.18. The van der Waals surface area contributed by atoms with E-state index < -0.39 is 0 Å². The summed E-state index contributed by atoms with van der Waals surface area (Å²) in [6.07, 6.45) is 8.92. The molecule has 0 saturated heterocycles. The minimum absolute atomic E-state index is 1.09. The number of rotatable bonds is 8. The van der Waals surface area contributed by atoms with Crippen LogP contribution in [0.1, 0.15) is 53.4 Å². The molecule has 88 valence electrons. The molecule has 0 atom stereocenters. The number of nitrogens with zero attached hydrogens (tertiary/aromatic N) is 2. The first kappa shape index (κ1) is 14.2. The maximum absolute atomic E-state index is 4.47. The Labute approximate surface area is 95.1 Å². The molecule has 0 aromatic carbocycles. The minimum atomic E-state index is 1.09. The largest absolute Gasteiger partial charge is 0.297 e. The highest BCUT2D eigenvalue weighted by Crippen LogP contribution is 1.99. The Morgan fingerprint density at radius 1 is 1.07 bits per heavy atom. The first-order chi connectivity index (χ1) is 7.20. The molecule has 0 fully saturated rings. The van der Waals surface area contributed by atoms with Crippen LogP contribution in [0.3, 0.4) is 0 Å². The standard InChI is InChI=1S/C13H26N2/c1-5-7-11-15(12-8-6-2)14-10-9-13(3)4/h9-10H,5-8,11-12H2,1-4H3. The molecule has 0 N–H and O–H groups in total. The van der Waals surface area contributed by atoms with Crippen LogP contribution < -0.4 is 0 Å². The average molecular weight is 210 g/mol. The summed E-state index contributed by atoms with van der Waals surface area (Å²) in [7, 11) is 0. The van der Waals surface area contributed by atoms with E-state index in [1.54, 1.807) is 0 Å². The van der Waals surface area contributed by atoms with Crippen molar-refractivity contribution >= 4 is 6.21 Å². The quantitative estimate of drug-likeness (QED) is 0.439. The maximum atomic E-state index is 4.47. The van der Waals surface area contributed by atoms with Gasteiger partial charge in [-0.05, 0) is 32.8 Å². The van der Waals surface area contributed by atoms with E-state index in [2.05, 4.69) is 43.9 Å². The lowest BCUT2D eigenvalue weighted by atomic mass is 10.3. The topological polar surface area (TPSA) is 15.6 Å². The Hall–Kier alpha value is -0.790. The van der Waals surface area contributed by atoms with Gasteiger partial charge in [0.1, 0.15) is 0 Å². The summed E-state index contributed by atoms with van der Waals surface area (Å²) in [4.78, 5) is 0. The summed E-state index contributed by atoms with van der Waals surface area (Å²) in [6.45, 7) is 10.8. The fraction of sp³-hybridized carbons (Fsp3) is 0.769. The zero-order chi connectivity index (χ0) is 11.5. The van der Waals surface area contributed by atoms with Crippen molar-refractivity contribution in [3.8, 4) is 0 Å². The van der Waals surface area contributed by atoms with Gasteiger partial charge in [-0.2, -0.15) is 5.10 Å². The number of unbranched alkanes of at least 4 members (excludes halogenated alkanes) is 2. The third kappa shape index (κ3) is 9.51. The van der Waals surface area contributed by atoms with E-state index in [0.717, 1.165) is 13.1 Å². The van der Waals surface area contributed by atoms with Gasteiger partial charge >= 0.3 is 0 Å². The third-order valence-electron chi connectivity index (χ3n) is 2.18. The van der Waals surface area contributed by atoms with Crippen LogP contribution >= 0.6 is 0 Å². The van der Waals surface area contributed by atoms with Crippen molar-refractivity contribution < 1.29 is 0 Å². The molecule has 15 heavy (non-hydrogen) atoms. The smallest absolute Gasteiger partial charge is 0.0469 e. The van der Waals surface area contributed by atoms with E-state index in [1.807, 2.05) is 6.21 Å². The van der Waals surface area contributed by atoms with Crippen LogP contribution in [0, 0.1) is 0 Å². The summed E-state index contributed by atoms with van der Waals surface area (Å²) in [5.74, 6) is 0. The second-order valence-corrected chi connectivity index (χ2v) is 4.17. The van der Waals surface area contributed by atoms with E-state index in [4.69, 9.17) is 0 Å². The molecule has 2 nitrogen and oxygen atoms in total. The Morgan fingerprint density at radius 2 is 1.60 bits per heavy atom. The second kappa shape index (κ2) is 9.75. The van der Waals surface area contributed by atoms with Crippen molar-refractivity contribution in [2.75, 3.05) is 13.1 Å². The summed E-state index contributed by atoms with van der Waals surface area (Å²) in [6, 6.07) is 0. The molecule has 0 saturated carbocycles. The van der Waals surface area contributed by atoms with Crippen molar-refractivity contribution in [2.24, 2.45) is 5.10 Å². The minimum Gasteiger partial charge on any atom is -0.297 e. The average Bonchev–Trinajstić information content (AvgIpc) is 2.20. The predicted molar refractivity (Wildman–Crippen MR) is 69.3 cm³/mol. The molecule has 0 aliphatic carbocycles. The number of hydrogen-bond donors (Lipinski definition) is 0. The van der Waals surface area contributed by atoms with E-state index >= 15 is 0 Å². The molecule has 0 rings (SSSR count). The van der Waals surface area contributed by atoms with Gasteiger partial charge in [0, 0.05) is 19.3 Å². The van der Waals surface area contributed by atoms with E-state index in [-0.39, 0.29) is 0 Å². The molecule has 0 aromatic heterocycles. The Kier molecular flexibility index (Phi) is 9.24. The molecule has 0 spiro atoms. The second-order valence-electron chi connectivity index (χ2n) is 4.17. The van der Waals surface area contributed by atoms with Crippen LogP contribution in [0.5, 0.6) is 0 Å². The SMILES string of the molecule is CCCCN(CCCC)N=CC=C(C)C. The summed E-state index contributed by atoms with van der Waals surface area (Å²) < 4.78 is 0.